The molecule has 11 heteroatoms. The third-order valence-electron chi connectivity index (χ3n) is 5.14. The molecular formula is C20H24N8O2S. The molecule has 2 aromatic heterocycles. The van der Waals surface area contributed by atoms with Gasteiger partial charge in [-0.25, -0.2) is 4.98 Å². The Morgan fingerprint density at radius 1 is 1.03 bits per heavy atom. The number of piperazine rings is 1. The predicted molar refractivity (Wildman–Crippen MR) is 120 cm³/mol. The number of hydrogen-bond donors (Lipinski definition) is 2. The molecule has 162 valence electrons. The standard InChI is InChI=1S/C20H24N8O2S/c1-13-10-22-20(31-13)26-18-23-17(24-19(25-18)28-7-5-27(2)6-8-28)21-11-14-3-4-15-16(9-14)30-12-29-15/h3-4,9-10H,5-8,11-12H2,1-2H3,(H2,21,22,23,24,25,26). The molecule has 5 rings (SSSR count). The molecule has 0 unspecified atom stereocenters. The fraction of sp³-hybridized carbons (Fsp3) is 0.400. The molecule has 0 saturated carbocycles. The van der Waals surface area contributed by atoms with E-state index in [1.165, 1.54) is 0 Å². The maximum absolute atomic E-state index is 5.47. The zero-order valence-corrected chi connectivity index (χ0v) is 18.3. The molecule has 2 aliphatic rings. The summed E-state index contributed by atoms with van der Waals surface area (Å²) in [7, 11) is 2.13. The van der Waals surface area contributed by atoms with Crippen molar-refractivity contribution in [1.82, 2.24) is 24.8 Å². The predicted octanol–water partition coefficient (Wildman–Crippen LogP) is 2.47. The van der Waals surface area contributed by atoms with Crippen LogP contribution in [0.4, 0.5) is 23.0 Å². The van der Waals surface area contributed by atoms with E-state index in [4.69, 9.17) is 9.47 Å². The van der Waals surface area contributed by atoms with Crippen LogP contribution in [-0.4, -0.2) is 64.9 Å². The third-order valence-corrected chi connectivity index (χ3v) is 5.97. The molecule has 1 saturated heterocycles. The number of aryl methyl sites for hydroxylation is 1. The second-order valence-electron chi connectivity index (χ2n) is 7.52. The van der Waals surface area contributed by atoms with Gasteiger partial charge in [-0.05, 0) is 31.7 Å². The van der Waals surface area contributed by atoms with Gasteiger partial charge in [0.25, 0.3) is 0 Å². The average Bonchev–Trinajstić information content (AvgIpc) is 3.41. The SMILES string of the molecule is Cc1cnc(Nc2nc(NCc3ccc4c(c3)OCO4)nc(N3CCN(C)CC3)n2)s1. The van der Waals surface area contributed by atoms with Gasteiger partial charge in [-0.3, -0.25) is 5.32 Å². The van der Waals surface area contributed by atoms with Crippen LogP contribution in [0.5, 0.6) is 11.5 Å². The first-order chi connectivity index (χ1) is 15.1. The quantitative estimate of drug-likeness (QED) is 0.594. The minimum Gasteiger partial charge on any atom is -0.454 e. The van der Waals surface area contributed by atoms with E-state index in [1.54, 1.807) is 11.3 Å². The molecule has 0 spiro atoms. The molecule has 31 heavy (non-hydrogen) atoms. The fourth-order valence-electron chi connectivity index (χ4n) is 3.39. The Labute approximate surface area is 184 Å². The topological polar surface area (TPSA) is 101 Å². The first-order valence-electron chi connectivity index (χ1n) is 10.1. The van der Waals surface area contributed by atoms with Gasteiger partial charge in [0.15, 0.2) is 16.6 Å². The molecule has 2 aliphatic heterocycles. The molecule has 3 aromatic rings. The number of likely N-dealkylation sites (N-methyl/N-ethyl adjacent to an activating group) is 1. The van der Waals surface area contributed by atoms with Crippen LogP contribution in [0.15, 0.2) is 24.4 Å². The van der Waals surface area contributed by atoms with E-state index in [1.807, 2.05) is 31.3 Å². The van der Waals surface area contributed by atoms with Gasteiger partial charge in [0.2, 0.25) is 24.6 Å². The van der Waals surface area contributed by atoms with Crippen molar-refractivity contribution in [2.24, 2.45) is 0 Å². The van der Waals surface area contributed by atoms with Crippen molar-refractivity contribution in [3.63, 3.8) is 0 Å². The summed E-state index contributed by atoms with van der Waals surface area (Å²) < 4.78 is 10.9. The molecule has 0 aliphatic carbocycles. The van der Waals surface area contributed by atoms with Crippen LogP contribution in [0.3, 0.4) is 0 Å². The minimum atomic E-state index is 0.263. The maximum atomic E-state index is 5.47. The average molecular weight is 441 g/mol. The van der Waals surface area contributed by atoms with Crippen LogP contribution in [0.1, 0.15) is 10.4 Å². The number of nitrogens with one attached hydrogen (secondary N) is 2. The van der Waals surface area contributed by atoms with Crippen molar-refractivity contribution in [2.45, 2.75) is 13.5 Å². The summed E-state index contributed by atoms with van der Waals surface area (Å²) in [5.74, 6) is 3.18. The maximum Gasteiger partial charge on any atom is 0.235 e. The minimum absolute atomic E-state index is 0.263. The lowest BCUT2D eigenvalue weighted by Gasteiger charge is -2.32. The molecule has 0 bridgehead atoms. The molecule has 2 N–H and O–H groups in total. The Bertz CT molecular complexity index is 1070. The molecule has 1 aromatic carbocycles. The third kappa shape index (κ3) is 4.62. The summed E-state index contributed by atoms with van der Waals surface area (Å²) in [5.41, 5.74) is 1.05. The molecule has 0 amide bonds. The van der Waals surface area contributed by atoms with Gasteiger partial charge in [-0.1, -0.05) is 6.07 Å². The second-order valence-corrected chi connectivity index (χ2v) is 8.75. The van der Waals surface area contributed by atoms with E-state index >= 15 is 0 Å². The van der Waals surface area contributed by atoms with Crippen LogP contribution >= 0.6 is 11.3 Å². The normalized spacial score (nSPS) is 15.9. The monoisotopic (exact) mass is 440 g/mol. The molecular weight excluding hydrogens is 416 g/mol. The summed E-state index contributed by atoms with van der Waals surface area (Å²) in [6.07, 6.45) is 1.83. The van der Waals surface area contributed by atoms with Crippen LogP contribution in [0.25, 0.3) is 0 Å². The number of nitrogens with zero attached hydrogens (tertiary/aromatic N) is 6. The lowest BCUT2D eigenvalue weighted by Crippen LogP contribution is -2.45. The van der Waals surface area contributed by atoms with Gasteiger partial charge in [0, 0.05) is 43.8 Å². The number of thiazole rings is 1. The van der Waals surface area contributed by atoms with Crippen LogP contribution < -0.4 is 25.0 Å². The second kappa shape index (κ2) is 8.52. The van der Waals surface area contributed by atoms with E-state index < -0.39 is 0 Å². The highest BCUT2D eigenvalue weighted by molar-refractivity contribution is 7.15. The number of anilines is 4. The number of ether oxygens (including phenoxy) is 2. The van der Waals surface area contributed by atoms with Crippen molar-refractivity contribution in [3.8, 4) is 11.5 Å². The van der Waals surface area contributed by atoms with Gasteiger partial charge in [0.1, 0.15) is 0 Å². The van der Waals surface area contributed by atoms with Gasteiger partial charge in [-0.2, -0.15) is 15.0 Å². The first-order valence-corrected chi connectivity index (χ1v) is 11.0. The highest BCUT2D eigenvalue weighted by atomic mass is 32.1. The zero-order valence-electron chi connectivity index (χ0n) is 17.5. The van der Waals surface area contributed by atoms with E-state index in [2.05, 4.69) is 47.4 Å². The lowest BCUT2D eigenvalue weighted by atomic mass is 10.2. The van der Waals surface area contributed by atoms with E-state index in [0.29, 0.717) is 24.4 Å². The van der Waals surface area contributed by atoms with E-state index in [0.717, 1.165) is 53.3 Å². The smallest absolute Gasteiger partial charge is 0.235 e. The summed E-state index contributed by atoms with van der Waals surface area (Å²) in [5, 5.41) is 7.30. The van der Waals surface area contributed by atoms with Crippen LogP contribution in [0, 0.1) is 6.92 Å². The summed E-state index contributed by atoms with van der Waals surface area (Å²) in [6.45, 7) is 6.53. The van der Waals surface area contributed by atoms with Crippen molar-refractivity contribution in [1.29, 1.82) is 0 Å². The van der Waals surface area contributed by atoms with Gasteiger partial charge in [-0.15, -0.1) is 11.3 Å². The largest absolute Gasteiger partial charge is 0.454 e. The lowest BCUT2D eigenvalue weighted by molar-refractivity contribution is 0.174. The Hall–Kier alpha value is -3.18. The van der Waals surface area contributed by atoms with Crippen LogP contribution in [0.2, 0.25) is 0 Å². The van der Waals surface area contributed by atoms with Crippen LogP contribution in [-0.2, 0) is 6.54 Å². The number of hydrogen-bond acceptors (Lipinski definition) is 11. The molecule has 0 atom stereocenters. The molecule has 1 fully saturated rings. The highest BCUT2D eigenvalue weighted by Gasteiger charge is 2.19. The van der Waals surface area contributed by atoms with E-state index in [-0.39, 0.29) is 6.79 Å². The Morgan fingerprint density at radius 3 is 2.65 bits per heavy atom. The van der Waals surface area contributed by atoms with Crippen molar-refractivity contribution in [2.75, 3.05) is 55.6 Å². The zero-order chi connectivity index (χ0) is 21.2. The first kappa shape index (κ1) is 19.8. The Balaban J connectivity index is 1.36. The number of benzene rings is 1. The number of aromatic nitrogens is 4. The Morgan fingerprint density at radius 2 is 1.84 bits per heavy atom. The summed E-state index contributed by atoms with van der Waals surface area (Å²) >= 11 is 1.56. The Kier molecular flexibility index (Phi) is 5.43. The van der Waals surface area contributed by atoms with Crippen molar-refractivity contribution >= 4 is 34.3 Å². The van der Waals surface area contributed by atoms with Gasteiger partial charge >= 0.3 is 0 Å². The molecule has 10 nitrogen and oxygen atoms in total. The van der Waals surface area contributed by atoms with Gasteiger partial charge in [0.05, 0.1) is 0 Å². The highest BCUT2D eigenvalue weighted by Crippen LogP contribution is 2.32. The van der Waals surface area contributed by atoms with Crippen molar-refractivity contribution in [3.05, 3.63) is 34.8 Å². The van der Waals surface area contributed by atoms with Crippen molar-refractivity contribution < 1.29 is 9.47 Å². The fourth-order valence-corrected chi connectivity index (χ4v) is 4.05. The molecule has 4 heterocycles. The summed E-state index contributed by atoms with van der Waals surface area (Å²) in [6, 6.07) is 5.89. The number of fused-ring (bicyclic) bond motifs is 1. The van der Waals surface area contributed by atoms with E-state index in [9.17, 15) is 0 Å². The summed E-state index contributed by atoms with van der Waals surface area (Å²) in [4.78, 5) is 23.9. The van der Waals surface area contributed by atoms with Gasteiger partial charge < -0.3 is 24.6 Å². The number of rotatable bonds is 6. The molecule has 0 radical (unpaired) electrons.